The molecule has 1 aliphatic rings. The standard InChI is InChI=1S/C17H22N4O/c1-9-4-5-12-7-10(2)15(13(12)6-9)20-17-19-8-14(11(3)22)16(18)21-17/h4-6,8,10-11,15,22H,7H2,1-3H3,(H3,18,19,20,21)/t10-,11-,15+/m0/s1. The third kappa shape index (κ3) is 2.64. The maximum atomic E-state index is 9.60. The summed E-state index contributed by atoms with van der Waals surface area (Å²) in [4.78, 5) is 8.58. The number of aliphatic hydroxyl groups excluding tert-OH is 1. The third-order valence-electron chi connectivity index (χ3n) is 4.33. The molecule has 0 bridgehead atoms. The van der Waals surface area contributed by atoms with Crippen molar-refractivity contribution in [2.45, 2.75) is 39.3 Å². The van der Waals surface area contributed by atoms with Gasteiger partial charge in [0.2, 0.25) is 5.95 Å². The molecule has 1 aromatic heterocycles. The first-order valence-electron chi connectivity index (χ1n) is 7.62. The molecule has 0 radical (unpaired) electrons. The Kier molecular flexibility index (Phi) is 3.74. The van der Waals surface area contributed by atoms with E-state index in [0.29, 0.717) is 23.2 Å². The lowest BCUT2D eigenvalue weighted by atomic mass is 10.0. The maximum absolute atomic E-state index is 9.60. The van der Waals surface area contributed by atoms with Crippen molar-refractivity contribution in [3.8, 4) is 0 Å². The molecule has 0 spiro atoms. The molecule has 0 fully saturated rings. The average Bonchev–Trinajstić information content (AvgIpc) is 2.75. The predicted molar refractivity (Wildman–Crippen MR) is 87.5 cm³/mol. The second kappa shape index (κ2) is 5.57. The monoisotopic (exact) mass is 298 g/mol. The Balaban J connectivity index is 1.88. The number of aliphatic hydroxyl groups is 1. The minimum atomic E-state index is -0.664. The van der Waals surface area contributed by atoms with Gasteiger partial charge in [0.15, 0.2) is 0 Å². The summed E-state index contributed by atoms with van der Waals surface area (Å²) in [5.41, 5.74) is 10.4. The van der Waals surface area contributed by atoms with E-state index >= 15 is 0 Å². The van der Waals surface area contributed by atoms with E-state index in [9.17, 15) is 5.11 Å². The summed E-state index contributed by atoms with van der Waals surface area (Å²) in [7, 11) is 0. The number of nitrogens with zero attached hydrogens (tertiary/aromatic N) is 2. The van der Waals surface area contributed by atoms with E-state index in [0.717, 1.165) is 6.42 Å². The van der Waals surface area contributed by atoms with Crippen molar-refractivity contribution in [2.75, 3.05) is 11.1 Å². The smallest absolute Gasteiger partial charge is 0.225 e. The van der Waals surface area contributed by atoms with E-state index in [1.54, 1.807) is 13.1 Å². The molecule has 4 N–H and O–H groups in total. The fourth-order valence-electron chi connectivity index (χ4n) is 3.12. The van der Waals surface area contributed by atoms with Crippen molar-refractivity contribution in [1.29, 1.82) is 0 Å². The van der Waals surface area contributed by atoms with Gasteiger partial charge in [0.1, 0.15) is 5.82 Å². The van der Waals surface area contributed by atoms with Gasteiger partial charge in [-0.05, 0) is 37.3 Å². The minimum Gasteiger partial charge on any atom is -0.389 e. The molecule has 0 unspecified atom stereocenters. The van der Waals surface area contributed by atoms with Crippen LogP contribution in [0.2, 0.25) is 0 Å². The molecule has 1 heterocycles. The summed E-state index contributed by atoms with van der Waals surface area (Å²) in [6.45, 7) is 5.98. The van der Waals surface area contributed by atoms with Crippen LogP contribution in [0.4, 0.5) is 11.8 Å². The van der Waals surface area contributed by atoms with Crippen LogP contribution in [-0.2, 0) is 6.42 Å². The lowest BCUT2D eigenvalue weighted by molar-refractivity contribution is 0.199. The lowest BCUT2D eigenvalue weighted by Crippen LogP contribution is -2.17. The summed E-state index contributed by atoms with van der Waals surface area (Å²) in [6, 6.07) is 6.77. The average molecular weight is 298 g/mol. The van der Waals surface area contributed by atoms with E-state index in [4.69, 9.17) is 5.73 Å². The van der Waals surface area contributed by atoms with Crippen LogP contribution in [0.1, 0.15) is 48.2 Å². The van der Waals surface area contributed by atoms with Gasteiger partial charge >= 0.3 is 0 Å². The molecule has 5 nitrogen and oxygen atoms in total. The van der Waals surface area contributed by atoms with E-state index in [2.05, 4.69) is 47.3 Å². The van der Waals surface area contributed by atoms with Gasteiger partial charge in [-0.2, -0.15) is 4.98 Å². The third-order valence-corrected chi connectivity index (χ3v) is 4.33. The molecule has 1 aromatic carbocycles. The van der Waals surface area contributed by atoms with Gasteiger partial charge in [0, 0.05) is 11.8 Å². The molecular formula is C17H22N4O. The second-order valence-electron chi connectivity index (χ2n) is 6.22. The number of nitrogen functional groups attached to an aromatic ring is 1. The van der Waals surface area contributed by atoms with Gasteiger partial charge < -0.3 is 16.2 Å². The number of fused-ring (bicyclic) bond motifs is 1. The number of nitrogens with one attached hydrogen (secondary N) is 1. The van der Waals surface area contributed by atoms with Crippen LogP contribution in [0.3, 0.4) is 0 Å². The van der Waals surface area contributed by atoms with Gasteiger partial charge in [0.25, 0.3) is 0 Å². The highest BCUT2D eigenvalue weighted by Crippen LogP contribution is 2.38. The molecule has 0 aliphatic heterocycles. The van der Waals surface area contributed by atoms with Crippen LogP contribution in [0.15, 0.2) is 24.4 Å². The molecule has 0 saturated heterocycles. The normalized spacial score (nSPS) is 21.5. The summed E-state index contributed by atoms with van der Waals surface area (Å²) in [5, 5.41) is 13.0. The SMILES string of the molecule is Cc1ccc2c(c1)[C@H](Nc1ncc([C@H](C)O)c(N)n1)[C@@H](C)C2. The Bertz CT molecular complexity index is 699. The summed E-state index contributed by atoms with van der Waals surface area (Å²) >= 11 is 0. The number of hydrogen-bond acceptors (Lipinski definition) is 5. The van der Waals surface area contributed by atoms with Crippen molar-refractivity contribution in [2.24, 2.45) is 5.92 Å². The van der Waals surface area contributed by atoms with Crippen LogP contribution in [0.25, 0.3) is 0 Å². The van der Waals surface area contributed by atoms with Gasteiger partial charge in [0.05, 0.1) is 12.1 Å². The zero-order chi connectivity index (χ0) is 15.9. The number of benzene rings is 1. The van der Waals surface area contributed by atoms with Crippen LogP contribution >= 0.6 is 0 Å². The van der Waals surface area contributed by atoms with Crippen molar-refractivity contribution >= 4 is 11.8 Å². The number of aromatic nitrogens is 2. The topological polar surface area (TPSA) is 84.1 Å². The van der Waals surface area contributed by atoms with Crippen molar-refractivity contribution in [3.63, 3.8) is 0 Å². The second-order valence-corrected chi connectivity index (χ2v) is 6.22. The van der Waals surface area contributed by atoms with Crippen LogP contribution < -0.4 is 11.1 Å². The highest BCUT2D eigenvalue weighted by Gasteiger charge is 2.30. The fraction of sp³-hybridized carbons (Fsp3) is 0.412. The molecule has 116 valence electrons. The van der Waals surface area contributed by atoms with E-state index in [-0.39, 0.29) is 6.04 Å². The molecule has 22 heavy (non-hydrogen) atoms. The van der Waals surface area contributed by atoms with Crippen LogP contribution in [-0.4, -0.2) is 15.1 Å². The minimum absolute atomic E-state index is 0.187. The van der Waals surface area contributed by atoms with Gasteiger partial charge in [-0.3, -0.25) is 0 Å². The predicted octanol–water partition coefficient (Wildman–Crippen LogP) is 2.77. The molecule has 1 aliphatic carbocycles. The van der Waals surface area contributed by atoms with Crippen LogP contribution in [0.5, 0.6) is 0 Å². The molecule has 2 aromatic rings. The molecule has 0 amide bonds. The Morgan fingerprint density at radius 3 is 2.86 bits per heavy atom. The van der Waals surface area contributed by atoms with Crippen molar-refractivity contribution in [3.05, 3.63) is 46.6 Å². The van der Waals surface area contributed by atoms with Crippen LogP contribution in [0, 0.1) is 12.8 Å². The highest BCUT2D eigenvalue weighted by atomic mass is 16.3. The Morgan fingerprint density at radius 1 is 1.41 bits per heavy atom. The molecular weight excluding hydrogens is 276 g/mol. The number of hydrogen-bond donors (Lipinski definition) is 3. The Morgan fingerprint density at radius 2 is 2.18 bits per heavy atom. The Labute approximate surface area is 130 Å². The maximum Gasteiger partial charge on any atom is 0.225 e. The highest BCUT2D eigenvalue weighted by molar-refractivity contribution is 5.47. The zero-order valence-corrected chi connectivity index (χ0v) is 13.2. The zero-order valence-electron chi connectivity index (χ0n) is 13.2. The van der Waals surface area contributed by atoms with Gasteiger partial charge in [-0.25, -0.2) is 4.98 Å². The number of rotatable bonds is 3. The quantitative estimate of drug-likeness (QED) is 0.811. The lowest BCUT2D eigenvalue weighted by Gasteiger charge is -2.19. The van der Waals surface area contributed by atoms with Gasteiger partial charge in [-0.15, -0.1) is 0 Å². The summed E-state index contributed by atoms with van der Waals surface area (Å²) < 4.78 is 0. The summed E-state index contributed by atoms with van der Waals surface area (Å²) in [5.74, 6) is 1.30. The first-order valence-corrected chi connectivity index (χ1v) is 7.62. The van der Waals surface area contributed by atoms with Gasteiger partial charge in [-0.1, -0.05) is 30.7 Å². The Hall–Kier alpha value is -2.14. The molecule has 3 atom stereocenters. The first-order chi connectivity index (χ1) is 10.5. The van der Waals surface area contributed by atoms with E-state index in [1.165, 1.54) is 16.7 Å². The molecule has 0 saturated carbocycles. The largest absolute Gasteiger partial charge is 0.389 e. The number of nitrogens with two attached hydrogens (primary N) is 1. The van der Waals surface area contributed by atoms with E-state index in [1.807, 2.05) is 0 Å². The number of anilines is 2. The molecule has 5 heteroatoms. The molecule has 3 rings (SSSR count). The van der Waals surface area contributed by atoms with Crippen molar-refractivity contribution in [1.82, 2.24) is 9.97 Å². The number of aryl methyl sites for hydroxylation is 1. The summed E-state index contributed by atoms with van der Waals surface area (Å²) in [6.07, 6.45) is 1.98. The van der Waals surface area contributed by atoms with E-state index < -0.39 is 6.10 Å². The first kappa shape index (κ1) is 14.8. The van der Waals surface area contributed by atoms with Crippen molar-refractivity contribution < 1.29 is 5.11 Å². The fourth-order valence-corrected chi connectivity index (χ4v) is 3.12.